The topological polar surface area (TPSA) is 62.3 Å². The van der Waals surface area contributed by atoms with Crippen molar-refractivity contribution in [3.63, 3.8) is 0 Å². The van der Waals surface area contributed by atoms with Gasteiger partial charge in [0.15, 0.2) is 5.13 Å². The van der Waals surface area contributed by atoms with Crippen LogP contribution in [-0.4, -0.2) is 34.8 Å². The average Bonchev–Trinajstić information content (AvgIpc) is 3.12. The molecule has 0 aliphatic carbocycles. The summed E-state index contributed by atoms with van der Waals surface area (Å²) in [5.74, 6) is -0.0427. The zero-order chi connectivity index (χ0) is 17.3. The van der Waals surface area contributed by atoms with Crippen LogP contribution >= 0.6 is 54.5 Å². The molecule has 9 heteroatoms. The van der Waals surface area contributed by atoms with Gasteiger partial charge in [0, 0.05) is 28.9 Å². The first-order valence-corrected chi connectivity index (χ1v) is 10.7. The predicted octanol–water partition coefficient (Wildman–Crippen LogP) is 4.53. The number of hydrogen-bond acceptors (Lipinski definition) is 5. The highest BCUT2D eigenvalue weighted by atomic mass is 79.9. The maximum atomic E-state index is 12.5. The summed E-state index contributed by atoms with van der Waals surface area (Å²) >= 11 is 9.67. The van der Waals surface area contributed by atoms with Crippen LogP contribution in [0.2, 0.25) is 0 Å². The van der Waals surface area contributed by atoms with Crippen LogP contribution in [0.5, 0.6) is 0 Å². The first-order valence-electron chi connectivity index (χ1n) is 7.41. The number of amides is 2. The van der Waals surface area contributed by atoms with Crippen LogP contribution in [0.15, 0.2) is 19.7 Å². The van der Waals surface area contributed by atoms with Gasteiger partial charge in [-0.05, 0) is 57.7 Å². The molecule has 24 heavy (non-hydrogen) atoms. The van der Waals surface area contributed by atoms with Gasteiger partial charge in [0.05, 0.1) is 14.4 Å². The molecule has 0 atom stereocenters. The highest BCUT2D eigenvalue weighted by Crippen LogP contribution is 2.33. The molecule has 2 aromatic rings. The number of anilines is 1. The van der Waals surface area contributed by atoms with Crippen LogP contribution in [0.1, 0.15) is 28.2 Å². The Labute approximate surface area is 164 Å². The maximum Gasteiger partial charge on any atom is 0.264 e. The number of likely N-dealkylation sites (tertiary alicyclic amines) is 1. The van der Waals surface area contributed by atoms with Crippen molar-refractivity contribution in [3.05, 3.63) is 30.3 Å². The van der Waals surface area contributed by atoms with Gasteiger partial charge in [-0.15, -0.1) is 22.7 Å². The average molecular weight is 493 g/mol. The molecule has 1 saturated heterocycles. The number of rotatable bonds is 3. The standard InChI is InChI=1S/C15H15Br2N3O2S2/c1-8-7-23-15(18-8)19-13(21)9-2-4-20(5-3-9)14(22)11-6-10(16)12(17)24-11/h6-7,9H,2-5H2,1H3,(H,18,19,21). The summed E-state index contributed by atoms with van der Waals surface area (Å²) in [6.45, 7) is 3.10. The summed E-state index contributed by atoms with van der Waals surface area (Å²) < 4.78 is 1.81. The Balaban J connectivity index is 1.55. The van der Waals surface area contributed by atoms with Gasteiger partial charge in [-0.25, -0.2) is 4.98 Å². The van der Waals surface area contributed by atoms with Gasteiger partial charge >= 0.3 is 0 Å². The molecule has 0 spiro atoms. The van der Waals surface area contributed by atoms with Crippen molar-refractivity contribution < 1.29 is 9.59 Å². The summed E-state index contributed by atoms with van der Waals surface area (Å²) in [7, 11) is 0. The summed E-state index contributed by atoms with van der Waals surface area (Å²) in [6.07, 6.45) is 1.35. The fraction of sp³-hybridized carbons (Fsp3) is 0.400. The minimum atomic E-state index is -0.0694. The molecule has 0 bridgehead atoms. The van der Waals surface area contributed by atoms with Gasteiger partial charge in [-0.2, -0.15) is 0 Å². The van der Waals surface area contributed by atoms with Gasteiger partial charge in [0.2, 0.25) is 5.91 Å². The Morgan fingerprint density at radius 1 is 1.33 bits per heavy atom. The highest BCUT2D eigenvalue weighted by Gasteiger charge is 2.29. The van der Waals surface area contributed by atoms with Gasteiger partial charge < -0.3 is 10.2 Å². The number of thiophene rings is 1. The van der Waals surface area contributed by atoms with Crippen molar-refractivity contribution in [1.29, 1.82) is 0 Å². The monoisotopic (exact) mass is 491 g/mol. The van der Waals surface area contributed by atoms with Crippen molar-refractivity contribution in [1.82, 2.24) is 9.88 Å². The normalized spacial score (nSPS) is 15.5. The van der Waals surface area contributed by atoms with Crippen molar-refractivity contribution in [2.24, 2.45) is 5.92 Å². The van der Waals surface area contributed by atoms with E-state index in [9.17, 15) is 9.59 Å². The van der Waals surface area contributed by atoms with E-state index in [0.29, 0.717) is 35.9 Å². The van der Waals surface area contributed by atoms with Crippen molar-refractivity contribution in [3.8, 4) is 0 Å². The largest absolute Gasteiger partial charge is 0.338 e. The van der Waals surface area contributed by atoms with Crippen LogP contribution in [0.4, 0.5) is 5.13 Å². The summed E-state index contributed by atoms with van der Waals surface area (Å²) in [5.41, 5.74) is 0.906. The Hall–Kier alpha value is -0.770. The smallest absolute Gasteiger partial charge is 0.264 e. The number of hydrogen-bond donors (Lipinski definition) is 1. The van der Waals surface area contributed by atoms with Crippen LogP contribution in [0.25, 0.3) is 0 Å². The van der Waals surface area contributed by atoms with Crippen molar-refractivity contribution in [2.75, 3.05) is 18.4 Å². The molecule has 1 N–H and O–H groups in total. The van der Waals surface area contributed by atoms with E-state index < -0.39 is 0 Å². The highest BCUT2D eigenvalue weighted by molar-refractivity contribution is 9.13. The van der Waals surface area contributed by atoms with Crippen LogP contribution in [-0.2, 0) is 4.79 Å². The molecule has 5 nitrogen and oxygen atoms in total. The number of halogens is 2. The van der Waals surface area contributed by atoms with E-state index in [1.54, 1.807) is 0 Å². The second-order valence-corrected chi connectivity index (χ2v) is 9.66. The lowest BCUT2D eigenvalue weighted by Crippen LogP contribution is -2.41. The second kappa shape index (κ2) is 7.63. The lowest BCUT2D eigenvalue weighted by molar-refractivity contribution is -0.121. The first kappa shape index (κ1) is 18.0. The fourth-order valence-corrected chi connectivity index (χ4v) is 5.27. The quantitative estimate of drug-likeness (QED) is 0.684. The minimum absolute atomic E-state index is 0.00179. The third kappa shape index (κ3) is 4.07. The summed E-state index contributed by atoms with van der Waals surface area (Å²) in [5, 5.41) is 5.43. The third-order valence-corrected chi connectivity index (χ3v) is 7.98. The predicted molar refractivity (Wildman–Crippen MR) is 104 cm³/mol. The SMILES string of the molecule is Cc1csc(NC(=O)C2CCN(C(=O)c3cc(Br)c(Br)s3)CC2)n1. The molecular formula is C15H15Br2N3O2S2. The number of aryl methyl sites for hydroxylation is 1. The number of thiazole rings is 1. The molecule has 0 radical (unpaired) electrons. The zero-order valence-electron chi connectivity index (χ0n) is 12.8. The lowest BCUT2D eigenvalue weighted by atomic mass is 9.96. The van der Waals surface area contributed by atoms with Crippen molar-refractivity contribution >= 4 is 71.5 Å². The van der Waals surface area contributed by atoms with Crippen molar-refractivity contribution in [2.45, 2.75) is 19.8 Å². The number of nitrogens with zero attached hydrogens (tertiary/aromatic N) is 2. The molecule has 2 aromatic heterocycles. The van der Waals surface area contributed by atoms with E-state index in [2.05, 4.69) is 42.2 Å². The minimum Gasteiger partial charge on any atom is -0.338 e. The van der Waals surface area contributed by atoms with E-state index in [4.69, 9.17) is 0 Å². The first-order chi connectivity index (χ1) is 11.4. The molecule has 1 aliphatic heterocycles. The van der Waals surface area contributed by atoms with Crippen LogP contribution in [0, 0.1) is 12.8 Å². The molecule has 1 aliphatic rings. The Kier molecular flexibility index (Phi) is 5.74. The maximum absolute atomic E-state index is 12.5. The zero-order valence-corrected chi connectivity index (χ0v) is 17.6. The molecule has 0 saturated carbocycles. The fourth-order valence-electron chi connectivity index (χ4n) is 2.57. The molecule has 128 valence electrons. The molecule has 0 aromatic carbocycles. The van der Waals surface area contributed by atoms with E-state index in [0.717, 1.165) is 14.0 Å². The molecular weight excluding hydrogens is 478 g/mol. The van der Waals surface area contributed by atoms with Gasteiger partial charge in [-0.3, -0.25) is 9.59 Å². The Morgan fingerprint density at radius 3 is 2.58 bits per heavy atom. The Morgan fingerprint density at radius 2 is 2.04 bits per heavy atom. The number of aromatic nitrogens is 1. The number of piperidine rings is 1. The van der Waals surface area contributed by atoms with Gasteiger partial charge in [0.25, 0.3) is 5.91 Å². The van der Waals surface area contributed by atoms with E-state index in [-0.39, 0.29) is 17.7 Å². The number of carbonyl (C=O) groups excluding carboxylic acids is 2. The van der Waals surface area contributed by atoms with E-state index >= 15 is 0 Å². The number of carbonyl (C=O) groups is 2. The molecule has 1 fully saturated rings. The van der Waals surface area contributed by atoms with E-state index in [1.165, 1.54) is 22.7 Å². The van der Waals surface area contributed by atoms with E-state index in [1.807, 2.05) is 23.3 Å². The van der Waals surface area contributed by atoms with Crippen LogP contribution in [0.3, 0.4) is 0 Å². The third-order valence-electron chi connectivity index (χ3n) is 3.86. The number of nitrogens with one attached hydrogen (secondary N) is 1. The van der Waals surface area contributed by atoms with Gasteiger partial charge in [-0.1, -0.05) is 0 Å². The Bertz CT molecular complexity index is 747. The van der Waals surface area contributed by atoms with Crippen LogP contribution < -0.4 is 5.32 Å². The molecule has 3 heterocycles. The summed E-state index contributed by atoms with van der Waals surface area (Å²) in [4.78, 5) is 31.6. The van der Waals surface area contributed by atoms with Gasteiger partial charge in [0.1, 0.15) is 0 Å². The second-order valence-electron chi connectivity index (χ2n) is 5.58. The molecule has 2 amide bonds. The molecule has 0 unspecified atom stereocenters. The lowest BCUT2D eigenvalue weighted by Gasteiger charge is -2.30. The summed E-state index contributed by atoms with van der Waals surface area (Å²) in [6, 6.07) is 1.83. The molecule has 3 rings (SSSR count).